The molecule has 0 aliphatic carbocycles. The maximum atomic E-state index is 4.47. The van der Waals surface area contributed by atoms with Crippen LogP contribution in [0, 0.1) is 6.92 Å². The maximum Gasteiger partial charge on any atom is 0.0933 e. The summed E-state index contributed by atoms with van der Waals surface area (Å²) in [5, 5.41) is 9.08. The van der Waals surface area contributed by atoms with Crippen LogP contribution in [0.4, 0.5) is 5.69 Å². The first-order valence-electron chi connectivity index (χ1n) is 6.75. The molecule has 0 radical (unpaired) electrons. The van der Waals surface area contributed by atoms with Gasteiger partial charge in [0.1, 0.15) is 0 Å². The van der Waals surface area contributed by atoms with Gasteiger partial charge in [-0.05, 0) is 26.0 Å². The van der Waals surface area contributed by atoms with Crippen LogP contribution in [-0.4, -0.2) is 14.8 Å². The van der Waals surface area contributed by atoms with Gasteiger partial charge in [-0.2, -0.15) is 5.10 Å². The lowest BCUT2D eigenvalue weighted by Crippen LogP contribution is -2.07. The van der Waals surface area contributed by atoms with E-state index in [1.165, 1.54) is 5.56 Å². The number of aryl methyl sites for hydroxylation is 2. The second kappa shape index (κ2) is 4.96. The highest BCUT2D eigenvalue weighted by molar-refractivity contribution is 5.90. The van der Waals surface area contributed by atoms with Crippen LogP contribution >= 0.6 is 0 Å². The average molecular weight is 266 g/mol. The highest BCUT2D eigenvalue weighted by Gasteiger charge is 2.12. The third-order valence-corrected chi connectivity index (χ3v) is 3.52. The summed E-state index contributed by atoms with van der Waals surface area (Å²) in [5.74, 6) is 0. The Bertz CT molecular complexity index is 740. The monoisotopic (exact) mass is 266 g/mol. The van der Waals surface area contributed by atoms with Crippen LogP contribution in [0.5, 0.6) is 0 Å². The Morgan fingerprint density at radius 2 is 2.00 bits per heavy atom. The van der Waals surface area contributed by atoms with Crippen LogP contribution in [-0.2, 0) is 7.05 Å². The molecule has 0 aliphatic rings. The van der Waals surface area contributed by atoms with E-state index in [0.717, 1.165) is 22.3 Å². The zero-order valence-electron chi connectivity index (χ0n) is 12.0. The average Bonchev–Trinajstić information content (AvgIpc) is 2.78. The molecule has 1 aromatic carbocycles. The first kappa shape index (κ1) is 12.7. The summed E-state index contributed by atoms with van der Waals surface area (Å²) < 4.78 is 1.85. The number of nitrogens with one attached hydrogen (secondary N) is 1. The summed E-state index contributed by atoms with van der Waals surface area (Å²) in [6, 6.07) is 10.4. The second-order valence-corrected chi connectivity index (χ2v) is 5.09. The van der Waals surface area contributed by atoms with Gasteiger partial charge < -0.3 is 5.32 Å². The number of hydrogen-bond acceptors (Lipinski definition) is 3. The van der Waals surface area contributed by atoms with Crippen molar-refractivity contribution in [3.05, 3.63) is 54.0 Å². The van der Waals surface area contributed by atoms with Crippen molar-refractivity contribution in [2.75, 3.05) is 5.32 Å². The van der Waals surface area contributed by atoms with E-state index in [4.69, 9.17) is 0 Å². The van der Waals surface area contributed by atoms with Crippen LogP contribution in [0.2, 0.25) is 0 Å². The Morgan fingerprint density at radius 1 is 1.20 bits per heavy atom. The molecule has 2 heterocycles. The van der Waals surface area contributed by atoms with Gasteiger partial charge in [-0.3, -0.25) is 9.67 Å². The lowest BCUT2D eigenvalue weighted by molar-refractivity contribution is 0.756. The number of fused-ring (bicyclic) bond motifs is 1. The predicted molar refractivity (Wildman–Crippen MR) is 81.7 cm³/mol. The van der Waals surface area contributed by atoms with Crippen LogP contribution < -0.4 is 5.32 Å². The fourth-order valence-corrected chi connectivity index (χ4v) is 2.57. The quantitative estimate of drug-likeness (QED) is 0.789. The summed E-state index contributed by atoms with van der Waals surface area (Å²) in [7, 11) is 1.95. The van der Waals surface area contributed by atoms with E-state index < -0.39 is 0 Å². The summed E-state index contributed by atoms with van der Waals surface area (Å²) in [4.78, 5) is 4.47. The minimum absolute atomic E-state index is 0.191. The Morgan fingerprint density at radius 3 is 2.75 bits per heavy atom. The SMILES string of the molecule is Cc1nn(C)cc1C(C)Nc1cccc2cccnc12. The third kappa shape index (κ3) is 2.25. The molecule has 0 bridgehead atoms. The fourth-order valence-electron chi connectivity index (χ4n) is 2.57. The van der Waals surface area contributed by atoms with Crippen LogP contribution in [0.3, 0.4) is 0 Å². The molecule has 4 nitrogen and oxygen atoms in total. The summed E-state index contributed by atoms with van der Waals surface area (Å²) in [5.41, 5.74) is 4.32. The minimum atomic E-state index is 0.191. The van der Waals surface area contributed by atoms with Gasteiger partial charge in [0.05, 0.1) is 22.9 Å². The zero-order valence-corrected chi connectivity index (χ0v) is 12.0. The Hall–Kier alpha value is -2.36. The molecule has 0 saturated heterocycles. The normalized spacial score (nSPS) is 12.6. The number of rotatable bonds is 3. The molecule has 102 valence electrons. The third-order valence-electron chi connectivity index (χ3n) is 3.52. The minimum Gasteiger partial charge on any atom is -0.377 e. The largest absolute Gasteiger partial charge is 0.377 e. The standard InChI is InChI=1S/C16H18N4/c1-11(14-10-20(3)19-12(14)2)18-15-8-4-6-13-7-5-9-17-16(13)15/h4-11,18H,1-3H3. The molecule has 1 unspecified atom stereocenters. The van der Waals surface area contributed by atoms with Crippen LogP contribution in [0.1, 0.15) is 24.2 Å². The molecule has 3 rings (SSSR count). The number of benzene rings is 1. The maximum absolute atomic E-state index is 4.47. The van der Waals surface area contributed by atoms with Gasteiger partial charge >= 0.3 is 0 Å². The Kier molecular flexibility index (Phi) is 3.14. The topological polar surface area (TPSA) is 42.7 Å². The molecule has 3 aromatic rings. The van der Waals surface area contributed by atoms with E-state index in [2.05, 4.69) is 52.8 Å². The van der Waals surface area contributed by atoms with E-state index in [0.29, 0.717) is 0 Å². The Labute approximate surface area is 118 Å². The van der Waals surface area contributed by atoms with Crippen molar-refractivity contribution in [3.63, 3.8) is 0 Å². The predicted octanol–water partition coefficient (Wildman–Crippen LogP) is 3.45. The zero-order chi connectivity index (χ0) is 14.1. The van der Waals surface area contributed by atoms with Gasteiger partial charge in [-0.15, -0.1) is 0 Å². The molecule has 0 fully saturated rings. The molecule has 4 heteroatoms. The van der Waals surface area contributed by atoms with Crippen molar-refractivity contribution in [1.29, 1.82) is 0 Å². The number of aromatic nitrogens is 3. The van der Waals surface area contributed by atoms with Crippen LogP contribution in [0.25, 0.3) is 10.9 Å². The van der Waals surface area contributed by atoms with Crippen LogP contribution in [0.15, 0.2) is 42.7 Å². The van der Waals surface area contributed by atoms with Gasteiger partial charge in [0, 0.05) is 30.4 Å². The molecule has 0 spiro atoms. The highest BCUT2D eigenvalue weighted by atomic mass is 15.3. The van der Waals surface area contributed by atoms with Crippen molar-refractivity contribution in [3.8, 4) is 0 Å². The highest BCUT2D eigenvalue weighted by Crippen LogP contribution is 2.26. The lowest BCUT2D eigenvalue weighted by atomic mass is 10.1. The number of para-hydroxylation sites is 1. The van der Waals surface area contributed by atoms with Crippen molar-refractivity contribution < 1.29 is 0 Å². The van der Waals surface area contributed by atoms with Gasteiger partial charge in [0.15, 0.2) is 0 Å². The summed E-state index contributed by atoms with van der Waals surface area (Å²) in [6.07, 6.45) is 3.89. The van der Waals surface area contributed by atoms with E-state index >= 15 is 0 Å². The Balaban J connectivity index is 1.95. The molecule has 0 aliphatic heterocycles. The first-order chi connectivity index (χ1) is 9.65. The second-order valence-electron chi connectivity index (χ2n) is 5.09. The smallest absolute Gasteiger partial charge is 0.0933 e. The van der Waals surface area contributed by atoms with Crippen molar-refractivity contribution in [2.24, 2.45) is 7.05 Å². The molecule has 2 aromatic heterocycles. The fraction of sp³-hybridized carbons (Fsp3) is 0.250. The number of anilines is 1. The van der Waals surface area contributed by atoms with Gasteiger partial charge in [-0.25, -0.2) is 0 Å². The van der Waals surface area contributed by atoms with Crippen molar-refractivity contribution in [2.45, 2.75) is 19.9 Å². The first-order valence-corrected chi connectivity index (χ1v) is 6.75. The van der Waals surface area contributed by atoms with E-state index in [-0.39, 0.29) is 6.04 Å². The number of hydrogen-bond donors (Lipinski definition) is 1. The van der Waals surface area contributed by atoms with Gasteiger partial charge in [0.25, 0.3) is 0 Å². The van der Waals surface area contributed by atoms with Gasteiger partial charge in [-0.1, -0.05) is 18.2 Å². The molecule has 20 heavy (non-hydrogen) atoms. The molecule has 0 saturated carbocycles. The van der Waals surface area contributed by atoms with Crippen molar-refractivity contribution in [1.82, 2.24) is 14.8 Å². The van der Waals surface area contributed by atoms with E-state index in [9.17, 15) is 0 Å². The molecule has 1 atom stereocenters. The molecule has 0 amide bonds. The molecular formula is C16H18N4. The molecular weight excluding hydrogens is 248 g/mol. The summed E-state index contributed by atoms with van der Waals surface area (Å²) in [6.45, 7) is 4.18. The van der Waals surface area contributed by atoms with Crippen molar-refractivity contribution >= 4 is 16.6 Å². The number of nitrogens with zero attached hydrogens (tertiary/aromatic N) is 3. The number of pyridine rings is 1. The van der Waals surface area contributed by atoms with E-state index in [1.54, 1.807) is 0 Å². The summed E-state index contributed by atoms with van der Waals surface area (Å²) >= 11 is 0. The molecule has 1 N–H and O–H groups in total. The van der Waals surface area contributed by atoms with E-state index in [1.807, 2.05) is 30.9 Å². The lowest BCUT2D eigenvalue weighted by Gasteiger charge is -2.16. The van der Waals surface area contributed by atoms with Gasteiger partial charge in [0.2, 0.25) is 0 Å².